The fraction of sp³-hybridized carbons (Fsp3) is 0.765. The minimum Gasteiger partial charge on any atom is -0.507 e. The molecule has 7 N–H and O–H groups in total. The first-order chi connectivity index (χ1) is 15.7. The monoisotopic (exact) mass is 508 g/mol. The minimum atomic E-state index is -3.99. The number of carboxylic acids is 3. The Kier molecular flexibility index (Phi) is 8.65. The van der Waals surface area contributed by atoms with Gasteiger partial charge in [-0.25, -0.2) is 0 Å². The SMILES string of the molecule is CN(CCN)S(=O)(=O)N1C[C@H](CCCB2OC(=O)C(CC(=O)O)(CC(=O)O)O2)[C@](N)(C(=O)O)C1. The second-order valence-electron chi connectivity index (χ2n) is 8.47. The normalized spacial score (nSPS) is 25.0. The molecule has 0 spiro atoms. The molecule has 2 aliphatic heterocycles. The second-order valence-corrected chi connectivity index (χ2v) is 10.5. The van der Waals surface area contributed by atoms with Crippen LogP contribution in [0.2, 0.25) is 6.32 Å². The summed E-state index contributed by atoms with van der Waals surface area (Å²) >= 11 is 0. The van der Waals surface area contributed by atoms with Crippen molar-refractivity contribution in [1.29, 1.82) is 0 Å². The summed E-state index contributed by atoms with van der Waals surface area (Å²) in [6.07, 6.45) is -1.50. The van der Waals surface area contributed by atoms with Gasteiger partial charge in [0.1, 0.15) is 5.54 Å². The standard InChI is InChI=1S/C17H29BN4O11S/c1-21(6-5-19)34(30,31)22-9-11(17(20,10-22)14(27)28)3-2-4-18-32-15(29)16(33-18,7-12(23)24)8-13(25)26/h11H,2-10,19-20H2,1H3,(H,23,24)(H,25,26)(H,27,28)/t11-,17-/m0/s1. The third kappa shape index (κ3) is 5.84. The first-order valence-electron chi connectivity index (χ1n) is 10.4. The van der Waals surface area contributed by atoms with Gasteiger partial charge in [0.2, 0.25) is 0 Å². The van der Waals surface area contributed by atoms with Gasteiger partial charge in [0.25, 0.3) is 10.2 Å². The van der Waals surface area contributed by atoms with Crippen LogP contribution in [0.4, 0.5) is 0 Å². The number of likely N-dealkylation sites (N-methyl/N-ethyl adjacent to an activating group) is 1. The van der Waals surface area contributed by atoms with Gasteiger partial charge in [-0.05, 0) is 12.7 Å². The van der Waals surface area contributed by atoms with E-state index >= 15 is 0 Å². The van der Waals surface area contributed by atoms with Crippen LogP contribution in [0.15, 0.2) is 0 Å². The molecule has 0 radical (unpaired) electrons. The molecule has 0 aromatic carbocycles. The van der Waals surface area contributed by atoms with E-state index in [-0.39, 0.29) is 38.8 Å². The van der Waals surface area contributed by atoms with Crippen molar-refractivity contribution in [3.05, 3.63) is 0 Å². The molecule has 2 atom stereocenters. The Balaban J connectivity index is 2.06. The number of nitrogens with two attached hydrogens (primary N) is 2. The summed E-state index contributed by atoms with van der Waals surface area (Å²) in [5.74, 6) is -6.16. The Morgan fingerprint density at radius 2 is 1.82 bits per heavy atom. The Hall–Kier alpha value is -2.31. The predicted molar refractivity (Wildman–Crippen MR) is 114 cm³/mol. The van der Waals surface area contributed by atoms with Crippen molar-refractivity contribution in [2.45, 2.75) is 43.1 Å². The minimum absolute atomic E-state index is 0.00124. The summed E-state index contributed by atoms with van der Waals surface area (Å²) in [5, 5.41) is 27.7. The molecule has 0 aliphatic carbocycles. The fourth-order valence-corrected chi connectivity index (χ4v) is 5.61. The maximum Gasteiger partial charge on any atom is 0.528 e. The first-order valence-corrected chi connectivity index (χ1v) is 11.8. The van der Waals surface area contributed by atoms with Gasteiger partial charge < -0.3 is 36.1 Å². The first kappa shape index (κ1) is 27.9. The van der Waals surface area contributed by atoms with Crippen LogP contribution in [-0.2, 0) is 38.7 Å². The Morgan fingerprint density at radius 1 is 1.24 bits per heavy atom. The zero-order valence-electron chi connectivity index (χ0n) is 18.6. The number of carboxylic acid groups (broad SMARTS) is 3. The maximum atomic E-state index is 12.7. The molecule has 0 aromatic rings. The third-order valence-electron chi connectivity index (χ3n) is 5.99. The smallest absolute Gasteiger partial charge is 0.507 e. The van der Waals surface area contributed by atoms with E-state index in [9.17, 15) is 32.7 Å². The molecule has 0 amide bonds. The third-order valence-corrected chi connectivity index (χ3v) is 7.89. The van der Waals surface area contributed by atoms with Gasteiger partial charge in [0.05, 0.1) is 12.8 Å². The molecule has 2 heterocycles. The lowest BCUT2D eigenvalue weighted by molar-refractivity contribution is -0.157. The van der Waals surface area contributed by atoms with Crippen LogP contribution in [0, 0.1) is 5.92 Å². The highest BCUT2D eigenvalue weighted by molar-refractivity contribution is 7.86. The van der Waals surface area contributed by atoms with Crippen molar-refractivity contribution < 1.29 is 52.2 Å². The lowest BCUT2D eigenvalue weighted by atomic mass is 9.78. The van der Waals surface area contributed by atoms with Gasteiger partial charge in [-0.3, -0.25) is 19.2 Å². The fourth-order valence-electron chi connectivity index (χ4n) is 4.13. The van der Waals surface area contributed by atoms with E-state index in [1.54, 1.807) is 0 Å². The van der Waals surface area contributed by atoms with Crippen molar-refractivity contribution in [1.82, 2.24) is 8.61 Å². The molecule has 2 fully saturated rings. The quantitative estimate of drug-likeness (QED) is 0.160. The Morgan fingerprint density at radius 3 is 2.32 bits per heavy atom. The van der Waals surface area contributed by atoms with Crippen molar-refractivity contribution >= 4 is 41.2 Å². The predicted octanol–water partition coefficient (Wildman–Crippen LogP) is -2.63. The van der Waals surface area contributed by atoms with Crippen LogP contribution >= 0.6 is 0 Å². The molecular weight excluding hydrogens is 479 g/mol. The average Bonchev–Trinajstić information content (AvgIpc) is 3.19. The Labute approximate surface area is 196 Å². The molecule has 15 nitrogen and oxygen atoms in total. The summed E-state index contributed by atoms with van der Waals surface area (Å²) in [6, 6.07) is 0. The number of nitrogens with zero attached hydrogens (tertiary/aromatic N) is 2. The molecule has 2 aliphatic rings. The molecule has 2 saturated heterocycles. The number of hydrogen-bond donors (Lipinski definition) is 5. The largest absolute Gasteiger partial charge is 0.528 e. The summed E-state index contributed by atoms with van der Waals surface area (Å²) < 4.78 is 37.8. The number of carbonyl (C=O) groups is 4. The molecule has 2 rings (SSSR count). The number of hydrogen-bond acceptors (Lipinski definition) is 10. The lowest BCUT2D eigenvalue weighted by Gasteiger charge is -2.26. The van der Waals surface area contributed by atoms with Crippen LogP contribution in [0.3, 0.4) is 0 Å². The van der Waals surface area contributed by atoms with Crippen LogP contribution in [0.25, 0.3) is 0 Å². The van der Waals surface area contributed by atoms with E-state index in [4.69, 9.17) is 31.0 Å². The highest BCUT2D eigenvalue weighted by atomic mass is 32.2. The summed E-state index contributed by atoms with van der Waals surface area (Å²) in [6.45, 7) is -0.495. The zero-order chi connectivity index (χ0) is 25.9. The van der Waals surface area contributed by atoms with Crippen LogP contribution in [0.1, 0.15) is 25.7 Å². The van der Waals surface area contributed by atoms with Gasteiger partial charge in [-0.1, -0.05) is 6.42 Å². The Bertz CT molecular complexity index is 916. The van der Waals surface area contributed by atoms with E-state index in [1.807, 2.05) is 0 Å². The van der Waals surface area contributed by atoms with E-state index < -0.39 is 77.6 Å². The number of rotatable bonds is 13. The van der Waals surface area contributed by atoms with E-state index in [0.29, 0.717) is 0 Å². The molecule has 0 aromatic heterocycles. The van der Waals surface area contributed by atoms with Gasteiger partial charge in [-0.15, -0.1) is 0 Å². The van der Waals surface area contributed by atoms with E-state index in [1.165, 1.54) is 7.05 Å². The van der Waals surface area contributed by atoms with Crippen molar-refractivity contribution in [2.24, 2.45) is 17.4 Å². The van der Waals surface area contributed by atoms with E-state index in [0.717, 1.165) is 8.61 Å². The van der Waals surface area contributed by atoms with Crippen LogP contribution in [-0.4, -0.2) is 108 Å². The molecule has 0 bridgehead atoms. The maximum absolute atomic E-state index is 12.7. The highest BCUT2D eigenvalue weighted by Crippen LogP contribution is 2.35. The molecule has 192 valence electrons. The molecular formula is C17H29BN4O11S. The summed E-state index contributed by atoms with van der Waals surface area (Å²) in [4.78, 5) is 46.3. The van der Waals surface area contributed by atoms with Gasteiger partial charge in [0, 0.05) is 39.1 Å². The van der Waals surface area contributed by atoms with Gasteiger partial charge in [0.15, 0.2) is 5.60 Å². The molecule has 0 saturated carbocycles. The average molecular weight is 508 g/mol. The number of aliphatic carboxylic acids is 3. The van der Waals surface area contributed by atoms with Crippen molar-refractivity contribution in [2.75, 3.05) is 33.2 Å². The van der Waals surface area contributed by atoms with E-state index in [2.05, 4.69) is 0 Å². The lowest BCUT2D eigenvalue weighted by Crippen LogP contribution is -2.55. The van der Waals surface area contributed by atoms with Crippen molar-refractivity contribution in [3.63, 3.8) is 0 Å². The molecule has 0 unspecified atom stereocenters. The number of carbonyl (C=O) groups excluding carboxylic acids is 1. The van der Waals surface area contributed by atoms with Gasteiger partial charge in [-0.2, -0.15) is 17.0 Å². The van der Waals surface area contributed by atoms with Crippen LogP contribution in [0.5, 0.6) is 0 Å². The van der Waals surface area contributed by atoms with Gasteiger partial charge >= 0.3 is 31.0 Å². The summed E-state index contributed by atoms with van der Waals surface area (Å²) in [5.41, 5.74) is 7.46. The zero-order valence-corrected chi connectivity index (χ0v) is 19.4. The van der Waals surface area contributed by atoms with Crippen molar-refractivity contribution in [3.8, 4) is 0 Å². The molecule has 17 heteroatoms. The second kappa shape index (κ2) is 10.5. The highest BCUT2D eigenvalue weighted by Gasteiger charge is 2.56. The molecule has 34 heavy (non-hydrogen) atoms. The van der Waals surface area contributed by atoms with Crippen LogP contribution < -0.4 is 11.5 Å². The summed E-state index contributed by atoms with van der Waals surface area (Å²) in [7, 11) is -3.90. The topological polar surface area (TPSA) is 240 Å².